The normalized spacial score (nSPS) is 12.0. The van der Waals surface area contributed by atoms with Crippen molar-refractivity contribution < 1.29 is 9.90 Å². The van der Waals surface area contributed by atoms with Gasteiger partial charge in [-0.3, -0.25) is 4.79 Å². The van der Waals surface area contributed by atoms with Crippen LogP contribution in [0.2, 0.25) is 0 Å². The summed E-state index contributed by atoms with van der Waals surface area (Å²) >= 11 is 0. The van der Waals surface area contributed by atoms with Gasteiger partial charge in [-0.05, 0) is 44.9 Å². The molecule has 0 amide bonds. The Morgan fingerprint density at radius 2 is 1.04 bits per heavy atom. The molecular weight excluding hydrogens is 320 g/mol. The largest absolute Gasteiger partial charge is 0.481 e. The molecule has 0 bridgehead atoms. The van der Waals surface area contributed by atoms with Gasteiger partial charge in [0.2, 0.25) is 0 Å². The zero-order valence-electron chi connectivity index (χ0n) is 17.1. The third-order valence-corrected chi connectivity index (χ3v) is 4.53. The van der Waals surface area contributed by atoms with Crippen LogP contribution in [-0.4, -0.2) is 11.1 Å². The lowest BCUT2D eigenvalue weighted by Crippen LogP contribution is -1.93. The van der Waals surface area contributed by atoms with Gasteiger partial charge >= 0.3 is 5.97 Å². The molecule has 0 saturated carbocycles. The van der Waals surface area contributed by atoms with Gasteiger partial charge in [-0.15, -0.1) is 0 Å². The fourth-order valence-electron chi connectivity index (χ4n) is 2.89. The van der Waals surface area contributed by atoms with Crippen molar-refractivity contribution >= 4 is 5.97 Å². The highest BCUT2D eigenvalue weighted by Gasteiger charge is 1.96. The summed E-state index contributed by atoms with van der Waals surface area (Å²) in [7, 11) is 0. The van der Waals surface area contributed by atoms with Gasteiger partial charge in [0.15, 0.2) is 0 Å². The molecule has 0 unspecified atom stereocenters. The maximum absolute atomic E-state index is 10.4. The van der Waals surface area contributed by atoms with Crippen LogP contribution in [0.5, 0.6) is 0 Å². The molecule has 0 rings (SSSR count). The van der Waals surface area contributed by atoms with Gasteiger partial charge in [-0.25, -0.2) is 0 Å². The number of unbranched alkanes of at least 4 members (excludes halogenated alkanes) is 11. The molecule has 0 aliphatic rings. The predicted molar refractivity (Wildman–Crippen MR) is 115 cm³/mol. The van der Waals surface area contributed by atoms with Crippen LogP contribution in [0.25, 0.3) is 0 Å². The molecule has 2 heteroatoms. The second kappa shape index (κ2) is 21.7. The summed E-state index contributed by atoms with van der Waals surface area (Å²) in [5.41, 5.74) is 0. The highest BCUT2D eigenvalue weighted by molar-refractivity contribution is 5.66. The maximum Gasteiger partial charge on any atom is 0.303 e. The van der Waals surface area contributed by atoms with Gasteiger partial charge in [-0.1, -0.05) is 94.7 Å². The Morgan fingerprint density at radius 1 is 0.615 bits per heavy atom. The van der Waals surface area contributed by atoms with Crippen LogP contribution in [0.1, 0.15) is 110 Å². The number of carboxylic acids is 1. The summed E-state index contributed by atoms with van der Waals surface area (Å²) in [6.07, 6.45) is 32.1. The van der Waals surface area contributed by atoms with Crippen LogP contribution in [0.4, 0.5) is 0 Å². The van der Waals surface area contributed by atoms with Crippen molar-refractivity contribution in [1.82, 2.24) is 0 Å². The lowest BCUT2D eigenvalue weighted by atomic mass is 10.1. The highest BCUT2D eigenvalue weighted by Crippen LogP contribution is 2.10. The van der Waals surface area contributed by atoms with E-state index in [1.54, 1.807) is 0 Å². The van der Waals surface area contributed by atoms with E-state index in [1.807, 2.05) is 0 Å². The van der Waals surface area contributed by atoms with Crippen molar-refractivity contribution in [2.75, 3.05) is 0 Å². The SMILES string of the molecule is CCCCCCC=CCC=CCC=CCCCCCCCCCC(=O)O. The Labute approximate surface area is 162 Å². The molecule has 0 aliphatic heterocycles. The van der Waals surface area contributed by atoms with Crippen LogP contribution in [0.3, 0.4) is 0 Å². The fourth-order valence-corrected chi connectivity index (χ4v) is 2.89. The summed E-state index contributed by atoms with van der Waals surface area (Å²) in [4.78, 5) is 10.4. The number of aliphatic carboxylic acids is 1. The second-order valence-corrected chi connectivity index (χ2v) is 7.14. The van der Waals surface area contributed by atoms with Gasteiger partial charge in [-0.2, -0.15) is 0 Å². The summed E-state index contributed by atoms with van der Waals surface area (Å²) in [6.45, 7) is 2.25. The molecule has 0 radical (unpaired) electrons. The van der Waals surface area contributed by atoms with Gasteiger partial charge in [0.05, 0.1) is 0 Å². The van der Waals surface area contributed by atoms with Crippen LogP contribution < -0.4 is 0 Å². The van der Waals surface area contributed by atoms with Gasteiger partial charge in [0.1, 0.15) is 0 Å². The molecule has 2 nitrogen and oxygen atoms in total. The van der Waals surface area contributed by atoms with Crippen molar-refractivity contribution in [1.29, 1.82) is 0 Å². The average molecular weight is 363 g/mol. The Kier molecular flexibility index (Phi) is 20.6. The average Bonchev–Trinajstić information content (AvgIpc) is 2.62. The molecule has 0 saturated heterocycles. The predicted octanol–water partition coefficient (Wildman–Crippen LogP) is 8.00. The third-order valence-electron chi connectivity index (χ3n) is 4.53. The van der Waals surface area contributed by atoms with E-state index in [0.717, 1.165) is 25.7 Å². The first-order valence-electron chi connectivity index (χ1n) is 10.9. The van der Waals surface area contributed by atoms with Crippen molar-refractivity contribution in [3.63, 3.8) is 0 Å². The second-order valence-electron chi connectivity index (χ2n) is 7.14. The Bertz CT molecular complexity index is 380. The molecule has 150 valence electrons. The smallest absolute Gasteiger partial charge is 0.303 e. The quantitative estimate of drug-likeness (QED) is 0.187. The first-order valence-corrected chi connectivity index (χ1v) is 10.9. The Hall–Kier alpha value is -1.31. The third kappa shape index (κ3) is 22.7. The number of carboxylic acid groups (broad SMARTS) is 1. The summed E-state index contributed by atoms with van der Waals surface area (Å²) < 4.78 is 0. The van der Waals surface area contributed by atoms with Gasteiger partial charge in [0, 0.05) is 6.42 Å². The summed E-state index contributed by atoms with van der Waals surface area (Å²) in [6, 6.07) is 0. The number of allylic oxidation sites excluding steroid dienone is 6. The zero-order chi connectivity index (χ0) is 19.1. The van der Waals surface area contributed by atoms with Crippen molar-refractivity contribution in [2.24, 2.45) is 0 Å². The highest BCUT2D eigenvalue weighted by atomic mass is 16.4. The molecule has 0 atom stereocenters. The maximum atomic E-state index is 10.4. The van der Waals surface area contributed by atoms with Gasteiger partial charge < -0.3 is 5.11 Å². The van der Waals surface area contributed by atoms with Crippen molar-refractivity contribution in [3.05, 3.63) is 36.5 Å². The molecule has 26 heavy (non-hydrogen) atoms. The Balaban J connectivity index is 3.25. The topological polar surface area (TPSA) is 37.3 Å². The van der Waals surface area contributed by atoms with Crippen LogP contribution in [-0.2, 0) is 4.79 Å². The van der Waals surface area contributed by atoms with Crippen molar-refractivity contribution in [2.45, 2.75) is 110 Å². The Morgan fingerprint density at radius 3 is 1.54 bits per heavy atom. The molecular formula is C24H42O2. The monoisotopic (exact) mass is 362 g/mol. The summed E-state index contributed by atoms with van der Waals surface area (Å²) in [5.74, 6) is -0.666. The molecule has 0 heterocycles. The molecule has 0 aromatic heterocycles. The minimum atomic E-state index is -0.666. The van der Waals surface area contributed by atoms with E-state index in [9.17, 15) is 4.79 Å². The van der Waals surface area contributed by atoms with E-state index < -0.39 is 5.97 Å². The molecule has 0 aromatic carbocycles. The van der Waals surface area contributed by atoms with E-state index in [-0.39, 0.29) is 0 Å². The first-order chi connectivity index (χ1) is 12.8. The molecule has 0 spiro atoms. The van der Waals surface area contributed by atoms with Crippen molar-refractivity contribution in [3.8, 4) is 0 Å². The molecule has 0 aliphatic carbocycles. The molecule has 0 fully saturated rings. The first kappa shape index (κ1) is 24.7. The number of rotatable bonds is 19. The van der Waals surface area contributed by atoms with E-state index in [0.29, 0.717) is 6.42 Å². The summed E-state index contributed by atoms with van der Waals surface area (Å²) in [5, 5.41) is 8.56. The number of hydrogen-bond acceptors (Lipinski definition) is 1. The standard InChI is InChI=1S/C24H42O2/c1-2-3-4-5-6-7-8-9-10-11-12-13-14-15-16-17-18-19-20-21-22-23-24(25)26/h7-8,10-11,13-14H,2-6,9,12,15-23H2,1H3,(H,25,26). The van der Waals surface area contributed by atoms with E-state index in [1.165, 1.54) is 70.6 Å². The number of carbonyl (C=O) groups is 1. The fraction of sp³-hybridized carbons (Fsp3) is 0.708. The van der Waals surface area contributed by atoms with Crippen LogP contribution >= 0.6 is 0 Å². The van der Waals surface area contributed by atoms with E-state index in [2.05, 4.69) is 43.4 Å². The van der Waals surface area contributed by atoms with E-state index >= 15 is 0 Å². The zero-order valence-corrected chi connectivity index (χ0v) is 17.1. The van der Waals surface area contributed by atoms with Gasteiger partial charge in [0.25, 0.3) is 0 Å². The van der Waals surface area contributed by atoms with Crippen LogP contribution in [0, 0.1) is 0 Å². The lowest BCUT2D eigenvalue weighted by Gasteiger charge is -2.00. The van der Waals surface area contributed by atoms with Crippen LogP contribution in [0.15, 0.2) is 36.5 Å². The minimum Gasteiger partial charge on any atom is -0.481 e. The molecule has 0 aromatic rings. The minimum absolute atomic E-state index is 0.328. The number of hydrogen-bond donors (Lipinski definition) is 1. The van der Waals surface area contributed by atoms with E-state index in [4.69, 9.17) is 5.11 Å². The molecule has 1 N–H and O–H groups in total. The lowest BCUT2D eigenvalue weighted by molar-refractivity contribution is -0.137.